The highest BCUT2D eigenvalue weighted by molar-refractivity contribution is 7.92. The minimum absolute atomic E-state index is 0.116. The van der Waals surface area contributed by atoms with Gasteiger partial charge in [0.15, 0.2) is 0 Å². The van der Waals surface area contributed by atoms with Crippen molar-refractivity contribution in [2.45, 2.75) is 24.3 Å². The summed E-state index contributed by atoms with van der Waals surface area (Å²) in [4.78, 5) is 18.4. The third kappa shape index (κ3) is 5.55. The number of hydrogen-bond donors (Lipinski definition) is 3. The predicted octanol–water partition coefficient (Wildman–Crippen LogP) is 3.80. The topological polar surface area (TPSA) is 103 Å². The van der Waals surface area contributed by atoms with Gasteiger partial charge in [-0.1, -0.05) is 12.1 Å². The third-order valence-corrected chi connectivity index (χ3v) is 6.57. The van der Waals surface area contributed by atoms with E-state index in [1.54, 1.807) is 36.7 Å². The molecule has 9 heteroatoms. The van der Waals surface area contributed by atoms with Gasteiger partial charge in [-0.2, -0.15) is 0 Å². The van der Waals surface area contributed by atoms with Gasteiger partial charge >= 0.3 is 6.03 Å². The van der Waals surface area contributed by atoms with Gasteiger partial charge in [-0.3, -0.25) is 9.71 Å². The number of nitrogens with zero attached hydrogens (tertiary/aromatic N) is 2. The van der Waals surface area contributed by atoms with Crippen LogP contribution in [0.3, 0.4) is 0 Å². The van der Waals surface area contributed by atoms with Gasteiger partial charge in [-0.05, 0) is 66.9 Å². The molecule has 0 saturated carbocycles. The molecule has 1 aliphatic rings. The zero-order chi connectivity index (χ0) is 22.4. The molecule has 8 nitrogen and oxygen atoms in total. The largest absolute Gasteiger partial charge is 0.371 e. The first-order valence-electron chi connectivity index (χ1n) is 10.4. The molecule has 1 saturated heterocycles. The lowest BCUT2D eigenvalue weighted by Gasteiger charge is -2.18. The lowest BCUT2D eigenvalue weighted by Crippen LogP contribution is -2.28. The molecule has 2 aromatic carbocycles. The van der Waals surface area contributed by atoms with E-state index in [0.29, 0.717) is 17.9 Å². The Bertz CT molecular complexity index is 1160. The maximum atomic E-state index is 12.8. The van der Waals surface area contributed by atoms with Crippen molar-refractivity contribution in [3.63, 3.8) is 0 Å². The summed E-state index contributed by atoms with van der Waals surface area (Å²) in [5.74, 6) is 0. The quantitative estimate of drug-likeness (QED) is 0.507. The van der Waals surface area contributed by atoms with Crippen LogP contribution in [0.15, 0.2) is 78.0 Å². The number of rotatable bonds is 7. The van der Waals surface area contributed by atoms with Gasteiger partial charge in [-0.15, -0.1) is 0 Å². The van der Waals surface area contributed by atoms with Crippen molar-refractivity contribution in [3.05, 3.63) is 78.6 Å². The van der Waals surface area contributed by atoms with Crippen molar-refractivity contribution in [3.8, 4) is 0 Å². The summed E-state index contributed by atoms with van der Waals surface area (Å²) in [6.07, 6.45) is 5.64. The molecular formula is C23H25N5O3S. The van der Waals surface area contributed by atoms with E-state index in [-0.39, 0.29) is 10.9 Å². The van der Waals surface area contributed by atoms with Crippen LogP contribution < -0.4 is 20.3 Å². The number of amides is 2. The molecule has 3 N–H and O–H groups in total. The van der Waals surface area contributed by atoms with Crippen LogP contribution in [0.2, 0.25) is 0 Å². The molecule has 0 radical (unpaired) electrons. The number of carbonyl (C=O) groups is 1. The first-order chi connectivity index (χ1) is 15.5. The summed E-state index contributed by atoms with van der Waals surface area (Å²) >= 11 is 0. The fourth-order valence-corrected chi connectivity index (χ4v) is 4.58. The maximum Gasteiger partial charge on any atom is 0.319 e. The molecule has 4 rings (SSSR count). The number of sulfonamides is 1. The number of aromatic nitrogens is 1. The maximum absolute atomic E-state index is 12.8. The van der Waals surface area contributed by atoms with Crippen LogP contribution in [0.4, 0.5) is 21.9 Å². The van der Waals surface area contributed by atoms with Crippen LogP contribution >= 0.6 is 0 Å². The Morgan fingerprint density at radius 3 is 2.47 bits per heavy atom. The molecule has 0 unspecified atom stereocenters. The Morgan fingerprint density at radius 2 is 1.75 bits per heavy atom. The first-order valence-corrected chi connectivity index (χ1v) is 11.9. The molecule has 1 aromatic heterocycles. The lowest BCUT2D eigenvalue weighted by molar-refractivity contribution is 0.251. The third-order valence-electron chi connectivity index (χ3n) is 5.17. The standard InChI is InChI=1S/C23H25N5O3S/c29-23(25-17-18-5-4-12-24-16-18)26-19-8-10-22(11-9-19)32(30,31)27-20-6-3-7-21(15-20)28-13-1-2-14-28/h3-12,15-16,27H,1-2,13-14,17H2,(H2,25,26,29). The number of carbonyl (C=O) groups excluding carboxylic acids is 1. The molecule has 0 atom stereocenters. The van der Waals surface area contributed by atoms with Crippen LogP contribution in [-0.4, -0.2) is 32.5 Å². The number of nitrogens with one attached hydrogen (secondary N) is 3. The predicted molar refractivity (Wildman–Crippen MR) is 125 cm³/mol. The van der Waals surface area contributed by atoms with Crippen LogP contribution in [0.5, 0.6) is 0 Å². The molecule has 3 aromatic rings. The summed E-state index contributed by atoms with van der Waals surface area (Å²) in [6.45, 7) is 2.31. The molecule has 0 aliphatic carbocycles. The monoisotopic (exact) mass is 451 g/mol. The highest BCUT2D eigenvalue weighted by Gasteiger charge is 2.17. The van der Waals surface area contributed by atoms with E-state index in [9.17, 15) is 13.2 Å². The minimum atomic E-state index is -3.75. The van der Waals surface area contributed by atoms with Crippen molar-refractivity contribution >= 4 is 33.1 Å². The lowest BCUT2D eigenvalue weighted by atomic mass is 10.2. The van der Waals surface area contributed by atoms with Crippen LogP contribution in [0, 0.1) is 0 Å². The molecule has 0 bridgehead atoms. The van der Waals surface area contributed by atoms with E-state index >= 15 is 0 Å². The summed E-state index contributed by atoms with van der Waals surface area (Å²) in [7, 11) is -3.75. The summed E-state index contributed by atoms with van der Waals surface area (Å²) in [5.41, 5.74) is 2.90. The normalized spacial score (nSPS) is 13.6. The Balaban J connectivity index is 1.36. The van der Waals surface area contributed by atoms with Crippen LogP contribution in [0.25, 0.3) is 0 Å². The number of pyridine rings is 1. The molecular weight excluding hydrogens is 426 g/mol. The van der Waals surface area contributed by atoms with Gasteiger partial charge in [0.1, 0.15) is 0 Å². The second kappa shape index (κ2) is 9.69. The summed E-state index contributed by atoms with van der Waals surface area (Å²) < 4.78 is 28.2. The van der Waals surface area contributed by atoms with Crippen molar-refractivity contribution in [2.24, 2.45) is 0 Å². The van der Waals surface area contributed by atoms with Crippen molar-refractivity contribution in [1.82, 2.24) is 10.3 Å². The average Bonchev–Trinajstić information content (AvgIpc) is 3.34. The van der Waals surface area contributed by atoms with E-state index < -0.39 is 10.0 Å². The number of anilines is 3. The first kappa shape index (κ1) is 21.6. The van der Waals surface area contributed by atoms with Crippen molar-refractivity contribution in [1.29, 1.82) is 0 Å². The minimum Gasteiger partial charge on any atom is -0.371 e. The van der Waals surface area contributed by atoms with Gasteiger partial charge in [-0.25, -0.2) is 13.2 Å². The molecule has 2 amide bonds. The fourth-order valence-electron chi connectivity index (χ4n) is 3.53. The van der Waals surface area contributed by atoms with Crippen LogP contribution in [0.1, 0.15) is 18.4 Å². The van der Waals surface area contributed by atoms with Gasteiger partial charge < -0.3 is 15.5 Å². The molecule has 1 aliphatic heterocycles. The van der Waals surface area contributed by atoms with E-state index in [0.717, 1.165) is 37.2 Å². The van der Waals surface area contributed by atoms with E-state index in [1.807, 2.05) is 24.3 Å². The van der Waals surface area contributed by atoms with E-state index in [1.165, 1.54) is 12.1 Å². The highest BCUT2D eigenvalue weighted by Crippen LogP contribution is 2.25. The van der Waals surface area contributed by atoms with Gasteiger partial charge in [0.05, 0.1) is 10.6 Å². The summed E-state index contributed by atoms with van der Waals surface area (Å²) in [5, 5.41) is 5.42. The Morgan fingerprint density at radius 1 is 0.969 bits per heavy atom. The second-order valence-corrected chi connectivity index (χ2v) is 9.23. The van der Waals surface area contributed by atoms with E-state index in [4.69, 9.17) is 0 Å². The van der Waals surface area contributed by atoms with Crippen molar-refractivity contribution < 1.29 is 13.2 Å². The zero-order valence-electron chi connectivity index (χ0n) is 17.5. The molecule has 0 spiro atoms. The highest BCUT2D eigenvalue weighted by atomic mass is 32.2. The van der Waals surface area contributed by atoms with Gasteiger partial charge in [0.25, 0.3) is 10.0 Å². The molecule has 166 valence electrons. The molecule has 1 fully saturated rings. The summed E-state index contributed by atoms with van der Waals surface area (Å²) in [6, 6.07) is 16.7. The average molecular weight is 452 g/mol. The van der Waals surface area contributed by atoms with Gasteiger partial charge in [0.2, 0.25) is 0 Å². The van der Waals surface area contributed by atoms with Crippen LogP contribution in [-0.2, 0) is 16.6 Å². The smallest absolute Gasteiger partial charge is 0.319 e. The van der Waals surface area contributed by atoms with Gasteiger partial charge in [0, 0.05) is 43.4 Å². The molecule has 2 heterocycles. The zero-order valence-corrected chi connectivity index (χ0v) is 18.3. The Labute approximate surface area is 187 Å². The Hall–Kier alpha value is -3.59. The fraction of sp³-hybridized carbons (Fsp3) is 0.217. The SMILES string of the molecule is O=C(NCc1cccnc1)Nc1ccc(S(=O)(=O)Nc2cccc(N3CCCC3)c2)cc1. The number of urea groups is 1. The van der Waals surface area contributed by atoms with E-state index in [2.05, 4.69) is 25.2 Å². The van der Waals surface area contributed by atoms with Crippen molar-refractivity contribution in [2.75, 3.05) is 28.0 Å². The Kier molecular flexibility index (Phi) is 6.55. The number of benzene rings is 2. The number of hydrogen-bond acceptors (Lipinski definition) is 5. The molecule has 32 heavy (non-hydrogen) atoms. The second-order valence-electron chi connectivity index (χ2n) is 7.54.